The lowest BCUT2D eigenvalue weighted by Crippen LogP contribution is -1.98. The molecule has 0 aliphatic rings. The number of carbonyl (C=O) groups excluding carboxylic acids is 1. The Labute approximate surface area is 98.2 Å². The van der Waals surface area contributed by atoms with E-state index in [9.17, 15) is 13.6 Å². The van der Waals surface area contributed by atoms with Gasteiger partial charge in [0.2, 0.25) is 0 Å². The number of benzene rings is 1. The average Bonchev–Trinajstić information content (AvgIpc) is 2.28. The van der Waals surface area contributed by atoms with E-state index in [4.69, 9.17) is 0 Å². The van der Waals surface area contributed by atoms with Crippen molar-refractivity contribution in [2.24, 2.45) is 0 Å². The Hall–Kier alpha value is -1.97. The van der Waals surface area contributed by atoms with Crippen molar-refractivity contribution in [3.63, 3.8) is 0 Å². The highest BCUT2D eigenvalue weighted by molar-refractivity contribution is 5.82. The maximum absolute atomic E-state index is 13.2. The van der Waals surface area contributed by atoms with Gasteiger partial charge in [0.1, 0.15) is 11.6 Å². The van der Waals surface area contributed by atoms with Gasteiger partial charge in [-0.05, 0) is 25.1 Å². The lowest BCUT2D eigenvalue weighted by Gasteiger charge is -1.97. The molecule has 0 heterocycles. The maximum atomic E-state index is 13.2. The van der Waals surface area contributed by atoms with E-state index in [2.05, 4.69) is 4.74 Å². The normalized spacial score (nSPS) is 11.2. The van der Waals surface area contributed by atoms with Crippen molar-refractivity contribution in [2.45, 2.75) is 6.92 Å². The van der Waals surface area contributed by atoms with Crippen molar-refractivity contribution in [1.82, 2.24) is 0 Å². The van der Waals surface area contributed by atoms with Crippen LogP contribution in [0.5, 0.6) is 0 Å². The van der Waals surface area contributed by atoms with E-state index >= 15 is 0 Å². The van der Waals surface area contributed by atoms with Gasteiger partial charge in [0, 0.05) is 11.6 Å². The summed E-state index contributed by atoms with van der Waals surface area (Å²) in [6, 6.07) is 3.62. The third-order valence-electron chi connectivity index (χ3n) is 1.89. The molecule has 1 aromatic carbocycles. The molecule has 0 unspecified atom stereocenters. The highest BCUT2D eigenvalue weighted by Crippen LogP contribution is 2.13. The Bertz CT molecular complexity index is 430. The lowest BCUT2D eigenvalue weighted by molar-refractivity contribution is -0.137. The first-order chi connectivity index (χ1) is 8.15. The quantitative estimate of drug-likeness (QED) is 0.457. The fourth-order valence-corrected chi connectivity index (χ4v) is 1.15. The van der Waals surface area contributed by atoms with Crippen LogP contribution < -0.4 is 0 Å². The molecule has 4 heteroatoms. The van der Waals surface area contributed by atoms with E-state index in [1.165, 1.54) is 30.4 Å². The number of rotatable bonds is 4. The zero-order valence-corrected chi connectivity index (χ0v) is 9.32. The molecule has 0 bridgehead atoms. The van der Waals surface area contributed by atoms with Crippen molar-refractivity contribution < 1.29 is 18.3 Å². The molecule has 1 aromatic rings. The van der Waals surface area contributed by atoms with Gasteiger partial charge in [0.05, 0.1) is 6.61 Å². The molecule has 0 saturated carbocycles. The minimum Gasteiger partial charge on any atom is -0.463 e. The van der Waals surface area contributed by atoms with Crippen molar-refractivity contribution >= 4 is 12.0 Å². The Balaban J connectivity index is 2.69. The molecule has 90 valence electrons. The van der Waals surface area contributed by atoms with E-state index < -0.39 is 17.6 Å². The average molecular weight is 238 g/mol. The van der Waals surface area contributed by atoms with E-state index in [-0.39, 0.29) is 12.2 Å². The van der Waals surface area contributed by atoms with Crippen LogP contribution in [0.1, 0.15) is 12.5 Å². The van der Waals surface area contributed by atoms with Crippen LogP contribution in [0, 0.1) is 11.6 Å². The predicted molar refractivity (Wildman–Crippen MR) is 61.2 cm³/mol. The molecule has 0 N–H and O–H groups in total. The summed E-state index contributed by atoms with van der Waals surface area (Å²) in [5.74, 6) is -1.79. The minimum absolute atomic E-state index is 0.138. The Morgan fingerprint density at radius 2 is 1.94 bits per heavy atom. The van der Waals surface area contributed by atoms with Crippen LogP contribution in [0.2, 0.25) is 0 Å². The van der Waals surface area contributed by atoms with Gasteiger partial charge in [-0.1, -0.05) is 18.2 Å². The van der Waals surface area contributed by atoms with Crippen molar-refractivity contribution in [3.05, 3.63) is 53.6 Å². The standard InChI is InChI=1S/C13H12F2O2/c1-2-17-13(16)9-4-3-6-10-11(14)7-5-8-12(10)15/h3-9H,2H2,1H3/b6-3+,9-4+. The topological polar surface area (TPSA) is 26.3 Å². The molecule has 0 saturated heterocycles. The fourth-order valence-electron chi connectivity index (χ4n) is 1.15. The van der Waals surface area contributed by atoms with E-state index in [0.717, 1.165) is 12.1 Å². The summed E-state index contributed by atoms with van der Waals surface area (Å²) in [5.41, 5.74) is -0.138. The summed E-state index contributed by atoms with van der Waals surface area (Å²) >= 11 is 0. The van der Waals surface area contributed by atoms with Gasteiger partial charge in [-0.2, -0.15) is 0 Å². The lowest BCUT2D eigenvalue weighted by atomic mass is 10.2. The molecular formula is C13H12F2O2. The van der Waals surface area contributed by atoms with Crippen molar-refractivity contribution in [2.75, 3.05) is 6.61 Å². The first-order valence-corrected chi connectivity index (χ1v) is 5.10. The van der Waals surface area contributed by atoms with Crippen molar-refractivity contribution in [3.8, 4) is 0 Å². The first-order valence-electron chi connectivity index (χ1n) is 5.10. The predicted octanol–water partition coefficient (Wildman–Crippen LogP) is 3.10. The second kappa shape index (κ2) is 6.58. The summed E-state index contributed by atoms with van der Waals surface area (Å²) in [4.78, 5) is 10.9. The Morgan fingerprint density at radius 1 is 1.29 bits per heavy atom. The molecule has 0 aliphatic heterocycles. The zero-order valence-electron chi connectivity index (χ0n) is 9.32. The number of esters is 1. The molecule has 0 radical (unpaired) electrons. The number of allylic oxidation sites excluding steroid dienone is 2. The molecule has 0 aliphatic carbocycles. The SMILES string of the molecule is CCOC(=O)/C=C/C=C/c1c(F)cccc1F. The summed E-state index contributed by atoms with van der Waals surface area (Å²) < 4.78 is 30.9. The summed E-state index contributed by atoms with van der Waals surface area (Å²) in [6.07, 6.45) is 5.17. The van der Waals surface area contributed by atoms with E-state index in [0.29, 0.717) is 0 Å². The van der Waals surface area contributed by atoms with Crippen LogP contribution in [0.3, 0.4) is 0 Å². The highest BCUT2D eigenvalue weighted by atomic mass is 19.1. The molecule has 0 atom stereocenters. The van der Waals surface area contributed by atoms with E-state index in [1.54, 1.807) is 6.92 Å². The third-order valence-corrected chi connectivity index (χ3v) is 1.89. The molecule has 0 aromatic heterocycles. The number of hydrogen-bond donors (Lipinski definition) is 0. The fraction of sp³-hybridized carbons (Fsp3) is 0.154. The highest BCUT2D eigenvalue weighted by Gasteiger charge is 2.03. The maximum Gasteiger partial charge on any atom is 0.330 e. The molecular weight excluding hydrogens is 226 g/mol. The van der Waals surface area contributed by atoms with Crippen LogP contribution in [0.15, 0.2) is 36.4 Å². The molecule has 2 nitrogen and oxygen atoms in total. The Morgan fingerprint density at radius 3 is 2.53 bits per heavy atom. The summed E-state index contributed by atoms with van der Waals surface area (Å²) in [7, 11) is 0. The molecule has 17 heavy (non-hydrogen) atoms. The minimum atomic E-state index is -0.647. The number of halogens is 2. The third kappa shape index (κ3) is 4.18. The summed E-state index contributed by atoms with van der Waals surface area (Å²) in [5, 5.41) is 0. The molecule has 0 spiro atoms. The monoisotopic (exact) mass is 238 g/mol. The first kappa shape index (κ1) is 13.1. The van der Waals surface area contributed by atoms with Gasteiger partial charge in [-0.15, -0.1) is 0 Å². The largest absolute Gasteiger partial charge is 0.463 e. The van der Waals surface area contributed by atoms with Crippen LogP contribution >= 0.6 is 0 Å². The second-order valence-corrected chi connectivity index (χ2v) is 3.11. The van der Waals surface area contributed by atoms with Gasteiger partial charge in [0.25, 0.3) is 0 Å². The smallest absolute Gasteiger partial charge is 0.330 e. The molecule has 0 fully saturated rings. The number of ether oxygens (including phenoxy) is 1. The van der Waals surface area contributed by atoms with Crippen LogP contribution in [-0.2, 0) is 9.53 Å². The van der Waals surface area contributed by atoms with Gasteiger partial charge < -0.3 is 4.74 Å². The zero-order chi connectivity index (χ0) is 12.7. The van der Waals surface area contributed by atoms with Crippen molar-refractivity contribution in [1.29, 1.82) is 0 Å². The molecule has 0 amide bonds. The Kier molecular flexibility index (Phi) is 5.07. The van der Waals surface area contributed by atoms with Crippen LogP contribution in [-0.4, -0.2) is 12.6 Å². The van der Waals surface area contributed by atoms with Crippen LogP contribution in [0.4, 0.5) is 8.78 Å². The number of carbonyl (C=O) groups is 1. The second-order valence-electron chi connectivity index (χ2n) is 3.11. The molecule has 1 rings (SSSR count). The summed E-state index contributed by atoms with van der Waals surface area (Å²) in [6.45, 7) is 1.98. The van der Waals surface area contributed by atoms with Crippen LogP contribution in [0.25, 0.3) is 6.08 Å². The van der Waals surface area contributed by atoms with Gasteiger partial charge >= 0.3 is 5.97 Å². The van der Waals surface area contributed by atoms with Gasteiger partial charge in [-0.3, -0.25) is 0 Å². The van der Waals surface area contributed by atoms with Gasteiger partial charge in [-0.25, -0.2) is 13.6 Å². The number of hydrogen-bond acceptors (Lipinski definition) is 2. The van der Waals surface area contributed by atoms with E-state index in [1.807, 2.05) is 0 Å². The van der Waals surface area contributed by atoms with Gasteiger partial charge in [0.15, 0.2) is 0 Å².